The molecule has 12 heavy (non-hydrogen) atoms. The van der Waals surface area contributed by atoms with Gasteiger partial charge in [-0.2, -0.15) is 0 Å². The molecule has 0 saturated heterocycles. The molecule has 68 valence electrons. The third-order valence-corrected chi connectivity index (χ3v) is 0.770. The zero-order valence-corrected chi connectivity index (χ0v) is 6.01. The molecule has 0 aliphatic rings. The minimum Gasteiger partial charge on any atom is -0.478 e. The Hall–Kier alpha value is -1.40. The molecule has 1 unspecified atom stereocenters. The van der Waals surface area contributed by atoms with Crippen molar-refractivity contribution in [3.05, 3.63) is 12.2 Å². The highest BCUT2D eigenvalue weighted by Crippen LogP contribution is 1.87. The van der Waals surface area contributed by atoms with Crippen molar-refractivity contribution < 1.29 is 29.6 Å². The molecule has 0 aromatic carbocycles. The Morgan fingerprint density at radius 1 is 1.42 bits per heavy atom. The van der Waals surface area contributed by atoms with Gasteiger partial charge in [-0.1, -0.05) is 0 Å². The molecule has 6 heteroatoms. The van der Waals surface area contributed by atoms with Gasteiger partial charge in [0.2, 0.25) is 6.29 Å². The Bertz CT molecular complexity index is 196. The summed E-state index contributed by atoms with van der Waals surface area (Å²) >= 11 is 0. The fourth-order valence-corrected chi connectivity index (χ4v) is 0.350. The van der Waals surface area contributed by atoms with Crippen LogP contribution in [0.4, 0.5) is 0 Å². The van der Waals surface area contributed by atoms with Gasteiger partial charge in [0.25, 0.3) is 0 Å². The number of aliphatic hydroxyl groups excluding tert-OH is 2. The van der Waals surface area contributed by atoms with E-state index in [1.807, 2.05) is 0 Å². The fourth-order valence-electron chi connectivity index (χ4n) is 0.350. The standard InChI is InChI=1S/C6H8O6/c7-3-6(11)12-5(10)2-1-4(8)9/h1-2,6-7,11H,3H2,(H,8,9)/b2-1+. The minimum atomic E-state index is -1.61. The van der Waals surface area contributed by atoms with Crippen molar-refractivity contribution >= 4 is 11.9 Å². The summed E-state index contributed by atoms with van der Waals surface area (Å²) in [6, 6.07) is 0. The van der Waals surface area contributed by atoms with E-state index in [1.54, 1.807) is 0 Å². The quantitative estimate of drug-likeness (QED) is 0.273. The van der Waals surface area contributed by atoms with Crippen molar-refractivity contribution in [2.75, 3.05) is 6.61 Å². The maximum Gasteiger partial charge on any atom is 0.333 e. The molecule has 0 aromatic rings. The summed E-state index contributed by atoms with van der Waals surface area (Å²) in [4.78, 5) is 20.3. The molecular formula is C6H8O6. The van der Waals surface area contributed by atoms with Crippen molar-refractivity contribution in [1.82, 2.24) is 0 Å². The summed E-state index contributed by atoms with van der Waals surface area (Å²) in [5.74, 6) is -2.33. The maximum atomic E-state index is 10.5. The van der Waals surface area contributed by atoms with E-state index >= 15 is 0 Å². The van der Waals surface area contributed by atoms with Gasteiger partial charge in [0.05, 0.1) is 0 Å². The number of carboxylic acids is 1. The molecule has 0 bridgehead atoms. The molecule has 6 nitrogen and oxygen atoms in total. The first-order valence-corrected chi connectivity index (χ1v) is 2.97. The highest BCUT2D eigenvalue weighted by Gasteiger charge is 2.06. The highest BCUT2D eigenvalue weighted by atomic mass is 16.6. The van der Waals surface area contributed by atoms with Crippen molar-refractivity contribution in [2.45, 2.75) is 6.29 Å². The molecule has 0 aromatic heterocycles. The molecule has 0 aliphatic heterocycles. The van der Waals surface area contributed by atoms with Crippen molar-refractivity contribution in [3.63, 3.8) is 0 Å². The molecule has 0 aliphatic carbocycles. The normalized spacial score (nSPS) is 12.8. The van der Waals surface area contributed by atoms with E-state index in [9.17, 15) is 9.59 Å². The number of carbonyl (C=O) groups excluding carboxylic acids is 1. The Kier molecular flexibility index (Phi) is 4.66. The number of rotatable bonds is 4. The van der Waals surface area contributed by atoms with Crippen LogP contribution in [-0.2, 0) is 14.3 Å². The van der Waals surface area contributed by atoms with E-state index in [2.05, 4.69) is 4.74 Å². The van der Waals surface area contributed by atoms with E-state index < -0.39 is 24.8 Å². The van der Waals surface area contributed by atoms with Gasteiger partial charge in [-0.05, 0) is 0 Å². The lowest BCUT2D eigenvalue weighted by Crippen LogP contribution is -2.19. The Labute approximate surface area is 67.7 Å². The van der Waals surface area contributed by atoms with Crippen molar-refractivity contribution in [3.8, 4) is 0 Å². The summed E-state index contributed by atoms with van der Waals surface area (Å²) in [5.41, 5.74) is 0. The molecule has 0 spiro atoms. The SMILES string of the molecule is O=C(O)/C=C/C(=O)OC(O)CO. The molecule has 0 rings (SSSR count). The van der Waals surface area contributed by atoms with Crippen molar-refractivity contribution in [1.29, 1.82) is 0 Å². The van der Waals surface area contributed by atoms with E-state index in [-0.39, 0.29) is 0 Å². The first kappa shape index (κ1) is 10.6. The zero-order valence-electron chi connectivity index (χ0n) is 6.01. The molecule has 0 heterocycles. The molecule has 0 fully saturated rings. The van der Waals surface area contributed by atoms with Crippen LogP contribution >= 0.6 is 0 Å². The largest absolute Gasteiger partial charge is 0.478 e. The number of aliphatic hydroxyl groups is 2. The van der Waals surface area contributed by atoms with Crippen LogP contribution in [0.2, 0.25) is 0 Å². The second-order valence-electron chi connectivity index (χ2n) is 1.75. The van der Waals surface area contributed by atoms with Crippen LogP contribution in [0.25, 0.3) is 0 Å². The van der Waals surface area contributed by atoms with Crippen molar-refractivity contribution in [2.24, 2.45) is 0 Å². The van der Waals surface area contributed by atoms with Crippen LogP contribution in [0, 0.1) is 0 Å². The van der Waals surface area contributed by atoms with Gasteiger partial charge in [0, 0.05) is 12.2 Å². The van der Waals surface area contributed by atoms with Gasteiger partial charge in [-0.3, -0.25) is 0 Å². The zero-order chi connectivity index (χ0) is 9.56. The molecule has 0 radical (unpaired) electrons. The van der Waals surface area contributed by atoms with E-state index in [1.165, 1.54) is 0 Å². The predicted molar refractivity (Wildman–Crippen MR) is 36.0 cm³/mol. The predicted octanol–water partition coefficient (Wildman–Crippen LogP) is -1.52. The summed E-state index contributed by atoms with van der Waals surface area (Å²) in [5, 5.41) is 24.8. The topological polar surface area (TPSA) is 104 Å². The van der Waals surface area contributed by atoms with Crippen LogP contribution in [0.5, 0.6) is 0 Å². The summed E-state index contributed by atoms with van der Waals surface area (Å²) < 4.78 is 4.07. The molecule has 0 amide bonds. The molecule has 3 N–H and O–H groups in total. The van der Waals surface area contributed by atoms with Crippen LogP contribution in [0.3, 0.4) is 0 Å². The first-order valence-electron chi connectivity index (χ1n) is 2.97. The van der Waals surface area contributed by atoms with E-state index in [4.69, 9.17) is 15.3 Å². The van der Waals surface area contributed by atoms with Crippen LogP contribution in [-0.4, -0.2) is 40.2 Å². The summed E-state index contributed by atoms with van der Waals surface area (Å²) in [6.45, 7) is -0.730. The molecular weight excluding hydrogens is 168 g/mol. The van der Waals surface area contributed by atoms with E-state index in [0.29, 0.717) is 12.2 Å². The monoisotopic (exact) mass is 176 g/mol. The fraction of sp³-hybridized carbons (Fsp3) is 0.333. The second kappa shape index (κ2) is 5.28. The number of hydrogen-bond acceptors (Lipinski definition) is 5. The third-order valence-electron chi connectivity index (χ3n) is 0.770. The number of ether oxygens (including phenoxy) is 1. The van der Waals surface area contributed by atoms with E-state index in [0.717, 1.165) is 0 Å². The smallest absolute Gasteiger partial charge is 0.333 e. The van der Waals surface area contributed by atoms with Crippen LogP contribution in [0.15, 0.2) is 12.2 Å². The Morgan fingerprint density at radius 3 is 2.42 bits per heavy atom. The molecule has 0 saturated carbocycles. The lowest BCUT2D eigenvalue weighted by atomic mass is 10.5. The van der Waals surface area contributed by atoms with Crippen LogP contribution < -0.4 is 0 Å². The number of carbonyl (C=O) groups is 2. The van der Waals surface area contributed by atoms with Gasteiger partial charge >= 0.3 is 11.9 Å². The third kappa shape index (κ3) is 5.39. The summed E-state index contributed by atoms with van der Waals surface area (Å²) in [7, 11) is 0. The number of carboxylic acid groups (broad SMARTS) is 1. The average molecular weight is 176 g/mol. The number of hydrogen-bond donors (Lipinski definition) is 3. The molecule has 1 atom stereocenters. The van der Waals surface area contributed by atoms with Gasteiger partial charge in [0.15, 0.2) is 0 Å². The van der Waals surface area contributed by atoms with Gasteiger partial charge in [-0.25, -0.2) is 9.59 Å². The minimum absolute atomic E-state index is 0.562. The van der Waals surface area contributed by atoms with Gasteiger partial charge in [0.1, 0.15) is 6.61 Å². The van der Waals surface area contributed by atoms with Gasteiger partial charge in [-0.15, -0.1) is 0 Å². The highest BCUT2D eigenvalue weighted by molar-refractivity contribution is 5.90. The Balaban J connectivity index is 3.81. The maximum absolute atomic E-state index is 10.5. The van der Waals surface area contributed by atoms with Crippen LogP contribution in [0.1, 0.15) is 0 Å². The second-order valence-corrected chi connectivity index (χ2v) is 1.75. The lowest BCUT2D eigenvalue weighted by molar-refractivity contribution is -0.167. The summed E-state index contributed by atoms with van der Waals surface area (Å²) in [6.07, 6.45) is -0.427. The van der Waals surface area contributed by atoms with Gasteiger partial charge < -0.3 is 20.1 Å². The first-order chi connectivity index (χ1) is 5.56. The number of aliphatic carboxylic acids is 1. The number of esters is 1. The lowest BCUT2D eigenvalue weighted by Gasteiger charge is -2.05. The Morgan fingerprint density at radius 2 is 2.00 bits per heavy atom. The average Bonchev–Trinajstić information content (AvgIpc) is 2.00.